The highest BCUT2D eigenvalue weighted by atomic mass is 32.1. The van der Waals surface area contributed by atoms with Gasteiger partial charge in [-0.25, -0.2) is 4.79 Å². The van der Waals surface area contributed by atoms with E-state index < -0.39 is 5.97 Å². The number of nitrogens with one attached hydrogen (secondary N) is 1. The number of hydrogen-bond acceptors (Lipinski definition) is 5. The highest BCUT2D eigenvalue weighted by molar-refractivity contribution is 7.15. The molecule has 7 heteroatoms. The summed E-state index contributed by atoms with van der Waals surface area (Å²) in [5.41, 5.74) is 2.22. The normalized spacial score (nSPS) is 10.5. The van der Waals surface area contributed by atoms with Crippen molar-refractivity contribution in [2.75, 3.05) is 11.9 Å². The monoisotopic (exact) mass is 396 g/mol. The number of aryl methyl sites for hydroxylation is 1. The van der Waals surface area contributed by atoms with E-state index in [-0.39, 0.29) is 24.6 Å². The van der Waals surface area contributed by atoms with Crippen LogP contribution in [0.5, 0.6) is 0 Å². The van der Waals surface area contributed by atoms with Crippen molar-refractivity contribution in [1.29, 1.82) is 0 Å². The number of amides is 1. The van der Waals surface area contributed by atoms with Crippen LogP contribution in [0.2, 0.25) is 0 Å². The number of thiophene rings is 1. The van der Waals surface area contributed by atoms with Gasteiger partial charge in [0, 0.05) is 22.7 Å². The van der Waals surface area contributed by atoms with Crippen LogP contribution in [0.1, 0.15) is 22.8 Å². The number of carbonyl (C=O) groups is 2. The maximum absolute atomic E-state index is 12.5. The predicted molar refractivity (Wildman–Crippen MR) is 110 cm³/mol. The molecule has 0 unspecified atom stereocenters. The first-order valence-electron chi connectivity index (χ1n) is 8.81. The van der Waals surface area contributed by atoms with Gasteiger partial charge < -0.3 is 14.6 Å². The Labute approximate surface area is 166 Å². The number of benzene rings is 1. The number of aromatic nitrogens is 1. The van der Waals surface area contributed by atoms with Crippen molar-refractivity contribution in [2.24, 2.45) is 0 Å². The number of anilines is 1. The summed E-state index contributed by atoms with van der Waals surface area (Å²) in [6.07, 6.45) is 1.56. The van der Waals surface area contributed by atoms with Crippen molar-refractivity contribution in [2.45, 2.75) is 20.4 Å². The average Bonchev–Trinajstić information content (AvgIpc) is 3.10. The molecule has 3 aromatic rings. The highest BCUT2D eigenvalue weighted by Gasteiger charge is 2.22. The van der Waals surface area contributed by atoms with E-state index >= 15 is 0 Å². The fourth-order valence-corrected chi connectivity index (χ4v) is 3.76. The van der Waals surface area contributed by atoms with E-state index in [0.717, 1.165) is 5.56 Å². The van der Waals surface area contributed by atoms with Crippen molar-refractivity contribution in [3.05, 3.63) is 75.5 Å². The molecule has 3 rings (SSSR count). The molecule has 0 spiro atoms. The lowest BCUT2D eigenvalue weighted by atomic mass is 10.0. The second-order valence-electron chi connectivity index (χ2n) is 6.11. The molecule has 28 heavy (non-hydrogen) atoms. The van der Waals surface area contributed by atoms with Crippen molar-refractivity contribution in [1.82, 2.24) is 4.57 Å². The largest absolute Gasteiger partial charge is 0.462 e. The Morgan fingerprint density at radius 3 is 2.61 bits per heavy atom. The minimum absolute atomic E-state index is 0.138. The van der Waals surface area contributed by atoms with E-state index in [4.69, 9.17) is 4.74 Å². The van der Waals surface area contributed by atoms with E-state index in [0.29, 0.717) is 21.7 Å². The molecule has 0 fully saturated rings. The lowest BCUT2D eigenvalue weighted by Crippen LogP contribution is -2.28. The number of carbonyl (C=O) groups excluding carboxylic acids is 2. The van der Waals surface area contributed by atoms with E-state index in [1.165, 1.54) is 15.9 Å². The van der Waals surface area contributed by atoms with Crippen LogP contribution in [0.3, 0.4) is 0 Å². The van der Waals surface area contributed by atoms with Crippen LogP contribution in [0.4, 0.5) is 5.00 Å². The van der Waals surface area contributed by atoms with Gasteiger partial charge in [-0.3, -0.25) is 9.59 Å². The molecule has 0 bridgehead atoms. The van der Waals surface area contributed by atoms with Crippen LogP contribution in [0, 0.1) is 6.92 Å². The van der Waals surface area contributed by atoms with Crippen molar-refractivity contribution in [3.8, 4) is 11.1 Å². The Bertz CT molecular complexity index is 1050. The molecule has 0 saturated heterocycles. The van der Waals surface area contributed by atoms with E-state index in [9.17, 15) is 14.4 Å². The number of ether oxygens (including phenoxy) is 1. The van der Waals surface area contributed by atoms with Gasteiger partial charge in [0.15, 0.2) is 0 Å². The van der Waals surface area contributed by atoms with Crippen LogP contribution in [-0.2, 0) is 16.1 Å². The van der Waals surface area contributed by atoms with Gasteiger partial charge >= 0.3 is 5.97 Å². The minimum atomic E-state index is -0.495. The molecule has 144 valence electrons. The summed E-state index contributed by atoms with van der Waals surface area (Å²) < 4.78 is 6.52. The van der Waals surface area contributed by atoms with Crippen molar-refractivity contribution < 1.29 is 14.3 Å². The smallest absolute Gasteiger partial charge is 0.341 e. The molecule has 1 N–H and O–H groups in total. The molecule has 2 heterocycles. The van der Waals surface area contributed by atoms with Crippen molar-refractivity contribution in [3.63, 3.8) is 0 Å². The molecule has 0 aliphatic rings. The molecule has 0 atom stereocenters. The third-order valence-corrected chi connectivity index (χ3v) is 5.03. The van der Waals surface area contributed by atoms with Gasteiger partial charge in [-0.15, -0.1) is 11.3 Å². The van der Waals surface area contributed by atoms with Gasteiger partial charge in [0.1, 0.15) is 17.1 Å². The lowest BCUT2D eigenvalue weighted by molar-refractivity contribution is -0.116. The van der Waals surface area contributed by atoms with Crippen LogP contribution in [0.25, 0.3) is 11.1 Å². The molecule has 0 aliphatic carbocycles. The number of nitrogens with zero attached hydrogens (tertiary/aromatic N) is 1. The summed E-state index contributed by atoms with van der Waals surface area (Å²) >= 11 is 1.25. The standard InChI is InChI=1S/C21H20N2O4S/c1-3-27-21(26)18-16(15-9-5-4-6-10-15)13-28-19(18)22-17(24)12-23-11-7-8-14(2)20(23)25/h4-11,13H,3,12H2,1-2H3,(H,22,24). The molecule has 1 amide bonds. The number of esters is 1. The zero-order valence-corrected chi connectivity index (χ0v) is 16.4. The lowest BCUT2D eigenvalue weighted by Gasteiger charge is -2.10. The molecule has 0 saturated carbocycles. The molecular formula is C21H20N2O4S. The molecule has 6 nitrogen and oxygen atoms in total. The fraction of sp³-hybridized carbons (Fsp3) is 0.190. The maximum atomic E-state index is 12.5. The number of hydrogen-bond donors (Lipinski definition) is 1. The van der Waals surface area contributed by atoms with Gasteiger partial charge in [-0.05, 0) is 25.5 Å². The molecule has 1 aromatic carbocycles. The summed E-state index contributed by atoms with van der Waals surface area (Å²) in [6, 6.07) is 12.8. The van der Waals surface area contributed by atoms with Gasteiger partial charge in [-0.1, -0.05) is 36.4 Å². The van der Waals surface area contributed by atoms with Crippen LogP contribution in [-0.4, -0.2) is 23.1 Å². The first kappa shape index (κ1) is 19.6. The quantitative estimate of drug-likeness (QED) is 0.645. The van der Waals surface area contributed by atoms with Gasteiger partial charge in [0.2, 0.25) is 5.91 Å². The Morgan fingerprint density at radius 2 is 1.89 bits per heavy atom. The summed E-state index contributed by atoms with van der Waals surface area (Å²) in [7, 11) is 0. The topological polar surface area (TPSA) is 77.4 Å². The third-order valence-electron chi connectivity index (χ3n) is 4.13. The molecule has 2 aromatic heterocycles. The Hall–Kier alpha value is -3.19. The van der Waals surface area contributed by atoms with E-state index in [1.54, 1.807) is 32.2 Å². The summed E-state index contributed by atoms with van der Waals surface area (Å²) in [4.78, 5) is 37.2. The second kappa shape index (κ2) is 8.67. The fourth-order valence-electron chi connectivity index (χ4n) is 2.79. The molecular weight excluding hydrogens is 376 g/mol. The minimum Gasteiger partial charge on any atom is -0.462 e. The Kier molecular flexibility index (Phi) is 6.06. The third kappa shape index (κ3) is 4.20. The molecule has 0 aliphatic heterocycles. The summed E-state index contributed by atoms with van der Waals surface area (Å²) in [6.45, 7) is 3.52. The molecule has 0 radical (unpaired) electrons. The van der Waals surface area contributed by atoms with Crippen LogP contribution in [0.15, 0.2) is 58.8 Å². The van der Waals surface area contributed by atoms with Crippen molar-refractivity contribution >= 4 is 28.2 Å². The average molecular weight is 396 g/mol. The zero-order valence-electron chi connectivity index (χ0n) is 15.6. The Morgan fingerprint density at radius 1 is 1.14 bits per heavy atom. The Balaban J connectivity index is 1.90. The highest BCUT2D eigenvalue weighted by Crippen LogP contribution is 2.36. The van der Waals surface area contributed by atoms with Gasteiger partial charge in [-0.2, -0.15) is 0 Å². The van der Waals surface area contributed by atoms with E-state index in [1.807, 2.05) is 35.7 Å². The van der Waals surface area contributed by atoms with Crippen LogP contribution < -0.4 is 10.9 Å². The van der Waals surface area contributed by atoms with Crippen LogP contribution >= 0.6 is 11.3 Å². The zero-order chi connectivity index (χ0) is 20.1. The second-order valence-corrected chi connectivity index (χ2v) is 6.99. The SMILES string of the molecule is CCOC(=O)c1c(-c2ccccc2)csc1NC(=O)Cn1cccc(C)c1=O. The first-order valence-corrected chi connectivity index (χ1v) is 9.69. The van der Waals surface area contributed by atoms with Gasteiger partial charge in [0.25, 0.3) is 5.56 Å². The van der Waals surface area contributed by atoms with E-state index in [2.05, 4.69) is 5.32 Å². The van der Waals surface area contributed by atoms with Gasteiger partial charge in [0.05, 0.1) is 6.61 Å². The summed E-state index contributed by atoms with van der Waals surface area (Å²) in [5.74, 6) is -0.884. The number of pyridine rings is 1. The number of rotatable bonds is 6. The summed E-state index contributed by atoms with van der Waals surface area (Å²) in [5, 5.41) is 4.98. The first-order chi connectivity index (χ1) is 13.5. The predicted octanol–water partition coefficient (Wildman–Crippen LogP) is 3.70. The maximum Gasteiger partial charge on any atom is 0.341 e.